The van der Waals surface area contributed by atoms with Crippen LogP contribution >= 0.6 is 0 Å². The van der Waals surface area contributed by atoms with E-state index >= 15 is 0 Å². The number of unbranched alkanes of at least 4 members (excludes halogenated alkanes) is 1. The van der Waals surface area contributed by atoms with Crippen molar-refractivity contribution in [3.8, 4) is 0 Å². The molecule has 0 saturated carbocycles. The van der Waals surface area contributed by atoms with Crippen molar-refractivity contribution in [3.63, 3.8) is 0 Å². The fraction of sp³-hybridized carbons (Fsp3) is 0.444. The van der Waals surface area contributed by atoms with Crippen molar-refractivity contribution in [2.45, 2.75) is 12.8 Å². The Balaban J connectivity index is 2.39. The molecule has 0 atom stereocenters. The lowest BCUT2D eigenvalue weighted by atomic mass is 10.3. The number of aliphatic hydroxyl groups excluding tert-OH is 1. The van der Waals surface area contributed by atoms with Crippen molar-refractivity contribution in [3.05, 3.63) is 17.8 Å². The van der Waals surface area contributed by atoms with E-state index in [2.05, 4.69) is 15.5 Å². The number of anilines is 1. The maximum atomic E-state index is 10.7. The highest BCUT2D eigenvalue weighted by atomic mass is 16.2. The Morgan fingerprint density at radius 3 is 2.73 bits per heavy atom. The first kappa shape index (κ1) is 11.4. The van der Waals surface area contributed by atoms with Crippen LogP contribution in [0.3, 0.4) is 0 Å². The lowest BCUT2D eigenvalue weighted by molar-refractivity contribution is 0.0994. The molecule has 0 unspecified atom stereocenters. The van der Waals surface area contributed by atoms with E-state index in [9.17, 15) is 4.79 Å². The summed E-state index contributed by atoms with van der Waals surface area (Å²) < 4.78 is 0. The molecular weight excluding hydrogens is 196 g/mol. The molecule has 6 nitrogen and oxygen atoms in total. The van der Waals surface area contributed by atoms with Gasteiger partial charge in [-0.15, -0.1) is 10.2 Å². The molecule has 82 valence electrons. The van der Waals surface area contributed by atoms with E-state index in [4.69, 9.17) is 10.8 Å². The van der Waals surface area contributed by atoms with Crippen LogP contribution in [0.4, 0.5) is 5.82 Å². The average molecular weight is 210 g/mol. The number of hydrogen-bond donors (Lipinski definition) is 3. The van der Waals surface area contributed by atoms with Gasteiger partial charge >= 0.3 is 0 Å². The molecule has 0 fully saturated rings. The highest BCUT2D eigenvalue weighted by Gasteiger charge is 2.01. The molecule has 1 amide bonds. The van der Waals surface area contributed by atoms with Crippen molar-refractivity contribution in [1.29, 1.82) is 0 Å². The number of hydrogen-bond acceptors (Lipinski definition) is 5. The summed E-state index contributed by atoms with van der Waals surface area (Å²) in [6, 6.07) is 3.16. The zero-order valence-corrected chi connectivity index (χ0v) is 8.31. The Labute approximate surface area is 87.5 Å². The Bertz CT molecular complexity index is 312. The molecule has 0 aliphatic carbocycles. The van der Waals surface area contributed by atoms with E-state index in [1.165, 1.54) is 6.07 Å². The highest BCUT2D eigenvalue weighted by molar-refractivity contribution is 5.90. The molecule has 6 heteroatoms. The average Bonchev–Trinajstić information content (AvgIpc) is 2.25. The summed E-state index contributed by atoms with van der Waals surface area (Å²) in [7, 11) is 0. The van der Waals surface area contributed by atoms with Gasteiger partial charge in [0.1, 0.15) is 5.82 Å². The van der Waals surface area contributed by atoms with Crippen LogP contribution in [0, 0.1) is 0 Å². The number of carbonyl (C=O) groups excluding carboxylic acids is 1. The van der Waals surface area contributed by atoms with E-state index in [-0.39, 0.29) is 12.3 Å². The van der Waals surface area contributed by atoms with Gasteiger partial charge in [-0.3, -0.25) is 4.79 Å². The quantitative estimate of drug-likeness (QED) is 0.562. The van der Waals surface area contributed by atoms with E-state index in [1.54, 1.807) is 6.07 Å². The van der Waals surface area contributed by atoms with Gasteiger partial charge in [0.25, 0.3) is 5.91 Å². The first-order valence-electron chi connectivity index (χ1n) is 4.72. The summed E-state index contributed by atoms with van der Waals surface area (Å²) in [5, 5.41) is 19.0. The number of aliphatic hydroxyl groups is 1. The summed E-state index contributed by atoms with van der Waals surface area (Å²) in [4.78, 5) is 10.7. The van der Waals surface area contributed by atoms with Crippen LogP contribution in [0.15, 0.2) is 12.1 Å². The van der Waals surface area contributed by atoms with Crippen molar-refractivity contribution in [2.24, 2.45) is 5.73 Å². The fourth-order valence-electron chi connectivity index (χ4n) is 1.01. The van der Waals surface area contributed by atoms with E-state index < -0.39 is 5.91 Å². The van der Waals surface area contributed by atoms with E-state index in [0.717, 1.165) is 12.8 Å². The van der Waals surface area contributed by atoms with Crippen LogP contribution in [0.2, 0.25) is 0 Å². The maximum Gasteiger partial charge on any atom is 0.269 e. The smallest absolute Gasteiger partial charge is 0.269 e. The van der Waals surface area contributed by atoms with Crippen molar-refractivity contribution >= 4 is 11.7 Å². The number of aromatic nitrogens is 2. The molecule has 0 bridgehead atoms. The summed E-state index contributed by atoms with van der Waals surface area (Å²) in [5.74, 6) is 0.00673. The first-order valence-corrected chi connectivity index (χ1v) is 4.72. The van der Waals surface area contributed by atoms with E-state index in [0.29, 0.717) is 12.4 Å². The van der Waals surface area contributed by atoms with Gasteiger partial charge in [-0.1, -0.05) is 0 Å². The number of amides is 1. The van der Waals surface area contributed by atoms with Crippen LogP contribution in [0.5, 0.6) is 0 Å². The molecule has 15 heavy (non-hydrogen) atoms. The number of nitrogens with one attached hydrogen (secondary N) is 1. The van der Waals surface area contributed by atoms with Crippen LogP contribution in [0.25, 0.3) is 0 Å². The summed E-state index contributed by atoms with van der Waals surface area (Å²) in [6.07, 6.45) is 1.61. The third kappa shape index (κ3) is 3.90. The van der Waals surface area contributed by atoms with Gasteiger partial charge in [0, 0.05) is 13.2 Å². The van der Waals surface area contributed by atoms with Crippen LogP contribution in [0.1, 0.15) is 23.3 Å². The second-order valence-corrected chi connectivity index (χ2v) is 3.03. The zero-order chi connectivity index (χ0) is 11.1. The molecule has 1 aromatic rings. The van der Waals surface area contributed by atoms with Crippen LogP contribution in [-0.4, -0.2) is 34.4 Å². The zero-order valence-electron chi connectivity index (χ0n) is 8.31. The van der Waals surface area contributed by atoms with Crippen LogP contribution in [-0.2, 0) is 0 Å². The lowest BCUT2D eigenvalue weighted by Crippen LogP contribution is -2.14. The Morgan fingerprint density at radius 2 is 2.20 bits per heavy atom. The second-order valence-electron chi connectivity index (χ2n) is 3.03. The molecule has 0 spiro atoms. The van der Waals surface area contributed by atoms with Crippen molar-refractivity contribution in [1.82, 2.24) is 10.2 Å². The van der Waals surface area contributed by atoms with Crippen molar-refractivity contribution in [2.75, 3.05) is 18.5 Å². The van der Waals surface area contributed by atoms with Gasteiger partial charge in [0.15, 0.2) is 5.69 Å². The Hall–Kier alpha value is -1.69. The minimum atomic E-state index is -0.589. The minimum Gasteiger partial charge on any atom is -0.396 e. The number of nitrogens with zero attached hydrogens (tertiary/aromatic N) is 2. The standard InChI is InChI=1S/C9H14N4O2/c10-9(15)7-3-4-8(13-12-7)11-5-1-2-6-14/h3-4,14H,1-2,5-6H2,(H2,10,15)(H,11,13). The van der Waals surface area contributed by atoms with Gasteiger partial charge in [-0.25, -0.2) is 0 Å². The molecular formula is C9H14N4O2. The molecule has 0 saturated heterocycles. The van der Waals surface area contributed by atoms with Crippen LogP contribution < -0.4 is 11.1 Å². The Morgan fingerprint density at radius 1 is 1.40 bits per heavy atom. The van der Waals surface area contributed by atoms with Crippen molar-refractivity contribution < 1.29 is 9.90 Å². The SMILES string of the molecule is NC(=O)c1ccc(NCCCCO)nn1. The molecule has 1 heterocycles. The number of carbonyl (C=O) groups is 1. The molecule has 1 rings (SSSR count). The van der Waals surface area contributed by atoms with Gasteiger partial charge in [-0.2, -0.15) is 0 Å². The molecule has 1 aromatic heterocycles. The predicted molar refractivity (Wildman–Crippen MR) is 55.4 cm³/mol. The Kier molecular flexibility index (Phi) is 4.49. The second kappa shape index (κ2) is 5.92. The number of rotatable bonds is 6. The topological polar surface area (TPSA) is 101 Å². The summed E-state index contributed by atoms with van der Waals surface area (Å²) in [5.41, 5.74) is 5.16. The molecule has 0 aromatic carbocycles. The number of nitrogens with two attached hydrogens (primary N) is 1. The van der Waals surface area contributed by atoms with E-state index in [1.807, 2.05) is 0 Å². The van der Waals surface area contributed by atoms with Gasteiger partial charge in [0.2, 0.25) is 0 Å². The molecule has 0 aliphatic heterocycles. The minimum absolute atomic E-state index is 0.149. The molecule has 4 N–H and O–H groups in total. The predicted octanol–water partition coefficient (Wildman–Crippen LogP) is -0.240. The molecule has 0 radical (unpaired) electrons. The highest BCUT2D eigenvalue weighted by Crippen LogP contribution is 2.01. The number of primary amides is 1. The van der Waals surface area contributed by atoms with Gasteiger partial charge in [0.05, 0.1) is 0 Å². The third-order valence-electron chi connectivity index (χ3n) is 1.81. The normalized spacial score (nSPS) is 9.93. The summed E-state index contributed by atoms with van der Waals surface area (Å²) >= 11 is 0. The summed E-state index contributed by atoms with van der Waals surface area (Å²) in [6.45, 7) is 0.902. The fourth-order valence-corrected chi connectivity index (χ4v) is 1.01. The lowest BCUT2D eigenvalue weighted by Gasteiger charge is -2.03. The maximum absolute atomic E-state index is 10.7. The third-order valence-corrected chi connectivity index (χ3v) is 1.81. The first-order chi connectivity index (χ1) is 7.24. The van der Waals surface area contributed by atoms with Gasteiger partial charge < -0.3 is 16.2 Å². The largest absolute Gasteiger partial charge is 0.396 e. The monoisotopic (exact) mass is 210 g/mol. The van der Waals surface area contributed by atoms with Gasteiger partial charge in [-0.05, 0) is 25.0 Å². The molecule has 0 aliphatic rings.